The zero-order valence-corrected chi connectivity index (χ0v) is 17.1. The van der Waals surface area contributed by atoms with Gasteiger partial charge in [0.15, 0.2) is 5.82 Å². The average Bonchev–Trinajstić information content (AvgIpc) is 3.11. The predicted molar refractivity (Wildman–Crippen MR) is 112 cm³/mol. The molecule has 0 radical (unpaired) electrons. The molecule has 28 heavy (non-hydrogen) atoms. The van der Waals surface area contributed by atoms with Crippen molar-refractivity contribution in [2.45, 2.75) is 26.2 Å². The first kappa shape index (κ1) is 18.7. The van der Waals surface area contributed by atoms with Crippen molar-refractivity contribution < 1.29 is 4.79 Å². The largest absolute Gasteiger partial charge is 0.378 e. The van der Waals surface area contributed by atoms with Crippen LogP contribution in [-0.2, 0) is 0 Å². The molecule has 1 amide bonds. The molecule has 0 saturated carbocycles. The Labute approximate surface area is 167 Å². The smallest absolute Gasteiger partial charge is 0.253 e. The van der Waals surface area contributed by atoms with Crippen molar-refractivity contribution in [3.63, 3.8) is 0 Å². The van der Waals surface area contributed by atoms with Crippen LogP contribution in [-0.4, -0.2) is 61.3 Å². The molecule has 1 spiro atoms. The van der Waals surface area contributed by atoms with E-state index in [0.29, 0.717) is 0 Å². The van der Waals surface area contributed by atoms with Gasteiger partial charge in [0.05, 0.1) is 5.69 Å². The summed E-state index contributed by atoms with van der Waals surface area (Å²) in [6.45, 7) is 5.59. The number of carbonyl (C=O) groups is 1. The third kappa shape index (κ3) is 3.68. The molecule has 2 aliphatic rings. The van der Waals surface area contributed by atoms with Gasteiger partial charge in [-0.3, -0.25) is 4.79 Å². The second kappa shape index (κ2) is 7.41. The number of aryl methyl sites for hydroxylation is 1. The van der Waals surface area contributed by atoms with Crippen LogP contribution in [0.2, 0.25) is 0 Å². The fourth-order valence-corrected chi connectivity index (χ4v) is 4.49. The van der Waals surface area contributed by atoms with E-state index < -0.39 is 0 Å². The van der Waals surface area contributed by atoms with Crippen molar-refractivity contribution in [1.29, 1.82) is 0 Å². The zero-order chi connectivity index (χ0) is 19.7. The summed E-state index contributed by atoms with van der Waals surface area (Å²) in [4.78, 5) is 19.4. The Morgan fingerprint density at radius 3 is 2.46 bits per heavy atom. The fraction of sp³-hybridized carbons (Fsp3) is 0.500. The van der Waals surface area contributed by atoms with Gasteiger partial charge in [-0.15, -0.1) is 5.10 Å². The zero-order valence-electron chi connectivity index (χ0n) is 17.1. The summed E-state index contributed by atoms with van der Waals surface area (Å²) in [6, 6.07) is 12.0. The molecule has 2 aromatic rings. The Kier molecular flexibility index (Phi) is 4.96. The van der Waals surface area contributed by atoms with Gasteiger partial charge in [0.25, 0.3) is 5.91 Å². The maximum absolute atomic E-state index is 13.0. The Hall–Kier alpha value is -2.63. The molecule has 1 aromatic heterocycles. The van der Waals surface area contributed by atoms with Gasteiger partial charge < -0.3 is 14.7 Å². The van der Waals surface area contributed by atoms with Crippen molar-refractivity contribution in [1.82, 2.24) is 15.1 Å². The molecule has 0 bridgehead atoms. The van der Waals surface area contributed by atoms with E-state index in [1.165, 1.54) is 6.42 Å². The first-order valence-corrected chi connectivity index (χ1v) is 10.1. The highest BCUT2D eigenvalue weighted by Crippen LogP contribution is 2.40. The van der Waals surface area contributed by atoms with Crippen LogP contribution >= 0.6 is 0 Å². The second-order valence-corrected chi connectivity index (χ2v) is 8.48. The highest BCUT2D eigenvalue weighted by Gasteiger charge is 2.43. The summed E-state index contributed by atoms with van der Waals surface area (Å²) in [5.41, 5.74) is 2.99. The lowest BCUT2D eigenvalue weighted by atomic mass is 9.79. The summed E-state index contributed by atoms with van der Waals surface area (Å²) in [6.07, 6.45) is 3.37. The highest BCUT2D eigenvalue weighted by atomic mass is 16.2. The number of rotatable bonds is 3. The molecule has 2 aliphatic heterocycles. The minimum absolute atomic E-state index is 0.148. The van der Waals surface area contributed by atoms with Crippen molar-refractivity contribution in [2.75, 3.05) is 50.1 Å². The van der Waals surface area contributed by atoms with E-state index >= 15 is 0 Å². The summed E-state index contributed by atoms with van der Waals surface area (Å²) >= 11 is 0. The Morgan fingerprint density at radius 2 is 1.79 bits per heavy atom. The van der Waals surface area contributed by atoms with E-state index in [2.05, 4.69) is 21.2 Å². The molecular weight excluding hydrogens is 350 g/mol. The van der Waals surface area contributed by atoms with Gasteiger partial charge in [-0.1, -0.05) is 0 Å². The van der Waals surface area contributed by atoms with Crippen LogP contribution < -0.4 is 9.80 Å². The van der Waals surface area contributed by atoms with Crippen LogP contribution in [0.25, 0.3) is 0 Å². The first-order valence-electron chi connectivity index (χ1n) is 10.1. The molecular formula is C22H29N5O. The third-order valence-corrected chi connectivity index (χ3v) is 6.13. The molecule has 0 N–H and O–H groups in total. The SMILES string of the molecule is Cc1ccc(N2CCCC3(CCN(C(=O)c4ccc(N(C)C)cc4)C3)C2)nn1. The molecule has 0 aliphatic carbocycles. The minimum Gasteiger partial charge on any atom is -0.378 e. The monoisotopic (exact) mass is 379 g/mol. The molecule has 1 atom stereocenters. The Bertz CT molecular complexity index is 833. The lowest BCUT2D eigenvalue weighted by Crippen LogP contribution is -2.45. The number of anilines is 2. The quantitative estimate of drug-likeness (QED) is 0.821. The normalized spacial score (nSPS) is 22.0. The maximum atomic E-state index is 13.0. The lowest BCUT2D eigenvalue weighted by molar-refractivity contribution is 0.0767. The lowest BCUT2D eigenvalue weighted by Gasteiger charge is -2.40. The summed E-state index contributed by atoms with van der Waals surface area (Å²) in [7, 11) is 4.02. The first-order chi connectivity index (χ1) is 13.5. The van der Waals surface area contributed by atoms with E-state index in [1.807, 2.05) is 61.2 Å². The Balaban J connectivity index is 1.44. The molecule has 6 nitrogen and oxygen atoms in total. The van der Waals surface area contributed by atoms with Gasteiger partial charge in [0.1, 0.15) is 0 Å². The van der Waals surface area contributed by atoms with Crippen molar-refractivity contribution >= 4 is 17.4 Å². The molecule has 2 saturated heterocycles. The number of aromatic nitrogens is 2. The highest BCUT2D eigenvalue weighted by molar-refractivity contribution is 5.94. The molecule has 1 aromatic carbocycles. The topological polar surface area (TPSA) is 52.6 Å². The number of amides is 1. The molecule has 4 rings (SSSR count). The number of benzene rings is 1. The molecule has 148 valence electrons. The van der Waals surface area contributed by atoms with Gasteiger partial charge in [-0.25, -0.2) is 0 Å². The number of hydrogen-bond donors (Lipinski definition) is 0. The summed E-state index contributed by atoms with van der Waals surface area (Å²) < 4.78 is 0. The third-order valence-electron chi connectivity index (χ3n) is 6.13. The van der Waals surface area contributed by atoms with E-state index in [-0.39, 0.29) is 11.3 Å². The van der Waals surface area contributed by atoms with Crippen molar-refractivity contribution in [3.8, 4) is 0 Å². The van der Waals surface area contributed by atoms with Crippen LogP contribution in [0.4, 0.5) is 11.5 Å². The van der Waals surface area contributed by atoms with Crippen LogP contribution in [0, 0.1) is 12.3 Å². The van der Waals surface area contributed by atoms with E-state index in [4.69, 9.17) is 0 Å². The van der Waals surface area contributed by atoms with Gasteiger partial charge in [-0.05, 0) is 62.6 Å². The number of hydrogen-bond acceptors (Lipinski definition) is 5. The van der Waals surface area contributed by atoms with E-state index in [9.17, 15) is 4.79 Å². The minimum atomic E-state index is 0.148. The van der Waals surface area contributed by atoms with Gasteiger partial charge in [0.2, 0.25) is 0 Å². The molecule has 6 heteroatoms. The number of carbonyl (C=O) groups excluding carboxylic acids is 1. The average molecular weight is 380 g/mol. The van der Waals surface area contributed by atoms with Gasteiger partial charge in [0, 0.05) is 56.9 Å². The maximum Gasteiger partial charge on any atom is 0.253 e. The second-order valence-electron chi connectivity index (χ2n) is 8.48. The van der Waals surface area contributed by atoms with Gasteiger partial charge in [-0.2, -0.15) is 5.10 Å². The number of nitrogens with zero attached hydrogens (tertiary/aromatic N) is 5. The van der Waals surface area contributed by atoms with Crippen molar-refractivity contribution in [3.05, 3.63) is 47.7 Å². The van der Waals surface area contributed by atoms with Crippen LogP contribution in [0.1, 0.15) is 35.3 Å². The van der Waals surface area contributed by atoms with E-state index in [1.54, 1.807) is 0 Å². The Morgan fingerprint density at radius 1 is 1.00 bits per heavy atom. The van der Waals surface area contributed by atoms with Crippen LogP contribution in [0.15, 0.2) is 36.4 Å². The number of piperidine rings is 1. The van der Waals surface area contributed by atoms with Gasteiger partial charge >= 0.3 is 0 Å². The van der Waals surface area contributed by atoms with Crippen LogP contribution in [0.3, 0.4) is 0 Å². The summed E-state index contributed by atoms with van der Waals surface area (Å²) in [5.74, 6) is 1.10. The number of likely N-dealkylation sites (tertiary alicyclic amines) is 1. The fourth-order valence-electron chi connectivity index (χ4n) is 4.49. The van der Waals surface area contributed by atoms with E-state index in [0.717, 1.165) is 61.8 Å². The van der Waals surface area contributed by atoms with Crippen molar-refractivity contribution in [2.24, 2.45) is 5.41 Å². The van der Waals surface area contributed by atoms with Crippen LogP contribution in [0.5, 0.6) is 0 Å². The molecule has 2 fully saturated rings. The molecule has 3 heterocycles. The summed E-state index contributed by atoms with van der Waals surface area (Å²) in [5, 5.41) is 8.58. The predicted octanol–water partition coefficient (Wildman–Crippen LogP) is 2.98. The molecule has 1 unspecified atom stereocenters. The standard InChI is InChI=1S/C22H29N5O/c1-17-5-10-20(24-23-17)26-13-4-11-22(15-26)12-14-27(16-22)21(28)18-6-8-19(9-7-18)25(2)3/h5-10H,4,11-16H2,1-3H3.